The van der Waals surface area contributed by atoms with E-state index in [0.717, 1.165) is 29.4 Å². The number of thioether (sulfide) groups is 1. The quantitative estimate of drug-likeness (QED) is 0.879. The van der Waals surface area contributed by atoms with Crippen LogP contribution in [0.5, 0.6) is 0 Å². The summed E-state index contributed by atoms with van der Waals surface area (Å²) >= 11 is 3.01. The van der Waals surface area contributed by atoms with Gasteiger partial charge in [0.2, 0.25) is 0 Å². The van der Waals surface area contributed by atoms with Crippen molar-refractivity contribution in [2.75, 3.05) is 0 Å². The Labute approximate surface area is 114 Å². The molecule has 2 unspecified atom stereocenters. The van der Waals surface area contributed by atoms with Crippen LogP contribution in [0.15, 0.2) is 4.34 Å². The highest BCUT2D eigenvalue weighted by Gasteiger charge is 2.39. The van der Waals surface area contributed by atoms with Crippen molar-refractivity contribution in [3.63, 3.8) is 0 Å². The minimum absolute atomic E-state index is 0.234. The fraction of sp³-hybridized carbons (Fsp3) is 0.727. The van der Waals surface area contributed by atoms with E-state index in [0.29, 0.717) is 12.8 Å². The van der Waals surface area contributed by atoms with Gasteiger partial charge < -0.3 is 10.8 Å². The molecule has 0 aromatic carbocycles. The first-order valence-corrected chi connectivity index (χ1v) is 7.70. The summed E-state index contributed by atoms with van der Waals surface area (Å²) in [4.78, 5) is 15.6. The number of aryl methyl sites for hydroxylation is 1. The highest BCUT2D eigenvalue weighted by molar-refractivity contribution is 8.01. The number of nitrogens with zero attached hydrogens (tertiary/aromatic N) is 2. The topological polar surface area (TPSA) is 89.1 Å². The van der Waals surface area contributed by atoms with Gasteiger partial charge in [0.1, 0.15) is 11.4 Å². The van der Waals surface area contributed by atoms with E-state index in [1.807, 2.05) is 6.92 Å². The van der Waals surface area contributed by atoms with Crippen LogP contribution in [0, 0.1) is 0 Å². The van der Waals surface area contributed by atoms with Gasteiger partial charge in [-0.25, -0.2) is 4.98 Å². The molecule has 2 rings (SSSR count). The van der Waals surface area contributed by atoms with Crippen molar-refractivity contribution in [2.45, 2.75) is 54.2 Å². The molecule has 1 heterocycles. The van der Waals surface area contributed by atoms with Gasteiger partial charge in [-0.1, -0.05) is 18.7 Å². The van der Waals surface area contributed by atoms with E-state index in [9.17, 15) is 4.79 Å². The Morgan fingerprint density at radius 2 is 2.50 bits per heavy atom. The van der Waals surface area contributed by atoms with E-state index in [1.165, 1.54) is 11.5 Å². The van der Waals surface area contributed by atoms with Crippen LogP contribution in [0.25, 0.3) is 0 Å². The Morgan fingerprint density at radius 1 is 1.72 bits per heavy atom. The van der Waals surface area contributed by atoms with Crippen molar-refractivity contribution < 1.29 is 9.90 Å². The Balaban J connectivity index is 1.99. The highest BCUT2D eigenvalue weighted by Crippen LogP contribution is 2.37. The molecule has 1 aromatic heterocycles. The van der Waals surface area contributed by atoms with Gasteiger partial charge in [-0.3, -0.25) is 4.79 Å². The summed E-state index contributed by atoms with van der Waals surface area (Å²) in [6.45, 7) is 2.02. The molecule has 0 saturated heterocycles. The zero-order valence-corrected chi connectivity index (χ0v) is 11.9. The number of carboxylic acids is 1. The molecule has 2 atom stereocenters. The molecular weight excluding hydrogens is 270 g/mol. The van der Waals surface area contributed by atoms with Crippen molar-refractivity contribution in [3.05, 3.63) is 5.82 Å². The standard InChI is InChI=1S/C11H17N3O2S2/c1-2-8-13-10(18-14-8)17-7-4-3-5-11(12,6-7)9(15)16/h7H,2-6,12H2,1H3,(H,15,16). The maximum absolute atomic E-state index is 11.2. The number of hydrogen-bond donors (Lipinski definition) is 2. The van der Waals surface area contributed by atoms with Crippen LogP contribution in [-0.4, -0.2) is 31.2 Å². The third-order valence-corrected chi connectivity index (χ3v) is 5.29. The van der Waals surface area contributed by atoms with Gasteiger partial charge in [0, 0.05) is 11.7 Å². The molecule has 100 valence electrons. The number of nitrogens with two attached hydrogens (primary N) is 1. The van der Waals surface area contributed by atoms with Crippen LogP contribution in [-0.2, 0) is 11.2 Å². The molecule has 3 N–H and O–H groups in total. The predicted octanol–water partition coefficient (Wildman–Crippen LogP) is 1.92. The molecule has 0 amide bonds. The van der Waals surface area contributed by atoms with E-state index in [4.69, 9.17) is 10.8 Å². The molecule has 18 heavy (non-hydrogen) atoms. The summed E-state index contributed by atoms with van der Waals surface area (Å²) in [5, 5.41) is 9.40. The van der Waals surface area contributed by atoms with Gasteiger partial charge in [0.25, 0.3) is 0 Å². The second-order valence-electron chi connectivity index (χ2n) is 4.63. The van der Waals surface area contributed by atoms with Crippen molar-refractivity contribution in [3.8, 4) is 0 Å². The second kappa shape index (κ2) is 5.54. The number of carboxylic acid groups (broad SMARTS) is 1. The van der Waals surface area contributed by atoms with E-state index in [2.05, 4.69) is 9.36 Å². The summed E-state index contributed by atoms with van der Waals surface area (Å²) in [6.07, 6.45) is 3.76. The molecule has 0 aliphatic heterocycles. The van der Waals surface area contributed by atoms with Crippen LogP contribution in [0.1, 0.15) is 38.4 Å². The maximum atomic E-state index is 11.2. The zero-order valence-electron chi connectivity index (χ0n) is 10.3. The molecule has 1 aliphatic rings. The fourth-order valence-electron chi connectivity index (χ4n) is 2.12. The van der Waals surface area contributed by atoms with E-state index < -0.39 is 11.5 Å². The molecular formula is C11H17N3O2S2. The lowest BCUT2D eigenvalue weighted by molar-refractivity contribution is -0.144. The smallest absolute Gasteiger partial charge is 0.323 e. The number of hydrogen-bond acceptors (Lipinski definition) is 6. The van der Waals surface area contributed by atoms with Gasteiger partial charge in [-0.05, 0) is 37.2 Å². The normalized spacial score (nSPS) is 28.2. The molecule has 1 aliphatic carbocycles. The summed E-state index contributed by atoms with van der Waals surface area (Å²) in [5.41, 5.74) is 4.87. The monoisotopic (exact) mass is 287 g/mol. The Morgan fingerprint density at radius 3 is 3.11 bits per heavy atom. The number of carbonyl (C=O) groups is 1. The second-order valence-corrected chi connectivity index (χ2v) is 6.93. The van der Waals surface area contributed by atoms with Crippen molar-refractivity contribution in [2.24, 2.45) is 5.73 Å². The van der Waals surface area contributed by atoms with Crippen LogP contribution >= 0.6 is 23.3 Å². The first-order valence-electron chi connectivity index (χ1n) is 6.05. The minimum Gasteiger partial charge on any atom is -0.480 e. The van der Waals surface area contributed by atoms with Crippen molar-refractivity contribution in [1.29, 1.82) is 0 Å². The van der Waals surface area contributed by atoms with Crippen LogP contribution in [0.2, 0.25) is 0 Å². The van der Waals surface area contributed by atoms with Gasteiger partial charge in [-0.2, -0.15) is 4.37 Å². The predicted molar refractivity (Wildman–Crippen MR) is 72.0 cm³/mol. The van der Waals surface area contributed by atoms with Gasteiger partial charge in [0.05, 0.1) is 0 Å². The summed E-state index contributed by atoms with van der Waals surface area (Å²) in [6, 6.07) is 0. The molecule has 1 saturated carbocycles. The summed E-state index contributed by atoms with van der Waals surface area (Å²) < 4.78 is 5.16. The van der Waals surface area contributed by atoms with E-state index in [1.54, 1.807) is 11.8 Å². The van der Waals surface area contributed by atoms with E-state index in [-0.39, 0.29) is 5.25 Å². The van der Waals surface area contributed by atoms with Gasteiger partial charge in [0.15, 0.2) is 4.34 Å². The third-order valence-electron chi connectivity index (χ3n) is 3.20. The minimum atomic E-state index is -1.06. The summed E-state index contributed by atoms with van der Waals surface area (Å²) in [5.74, 6) is -0.0325. The third kappa shape index (κ3) is 3.02. The van der Waals surface area contributed by atoms with Crippen LogP contribution in [0.3, 0.4) is 0 Å². The van der Waals surface area contributed by atoms with E-state index >= 15 is 0 Å². The molecule has 1 fully saturated rings. The Kier molecular flexibility index (Phi) is 4.24. The van der Waals surface area contributed by atoms with Crippen molar-refractivity contribution >= 4 is 29.3 Å². The highest BCUT2D eigenvalue weighted by atomic mass is 32.2. The number of aliphatic carboxylic acids is 1. The SMILES string of the molecule is CCc1nsc(SC2CCCC(N)(C(=O)O)C2)n1. The van der Waals surface area contributed by atoms with Crippen LogP contribution < -0.4 is 5.73 Å². The first-order chi connectivity index (χ1) is 8.53. The van der Waals surface area contributed by atoms with Crippen LogP contribution in [0.4, 0.5) is 0 Å². The first kappa shape index (κ1) is 13.8. The van der Waals surface area contributed by atoms with Gasteiger partial charge >= 0.3 is 5.97 Å². The lowest BCUT2D eigenvalue weighted by Crippen LogP contribution is -2.51. The fourth-order valence-corrected chi connectivity index (χ4v) is 4.42. The molecule has 0 spiro atoms. The molecule has 0 radical (unpaired) electrons. The number of aromatic nitrogens is 2. The molecule has 5 nitrogen and oxygen atoms in total. The van der Waals surface area contributed by atoms with Crippen molar-refractivity contribution in [1.82, 2.24) is 9.36 Å². The lowest BCUT2D eigenvalue weighted by Gasteiger charge is -2.33. The lowest BCUT2D eigenvalue weighted by atomic mass is 9.82. The zero-order chi connectivity index (χ0) is 13.2. The Bertz CT molecular complexity index is 438. The average Bonchev–Trinajstić information content (AvgIpc) is 2.76. The molecule has 7 heteroatoms. The van der Waals surface area contributed by atoms with Gasteiger partial charge in [-0.15, -0.1) is 0 Å². The average molecular weight is 287 g/mol. The largest absolute Gasteiger partial charge is 0.480 e. The maximum Gasteiger partial charge on any atom is 0.323 e. The number of rotatable bonds is 4. The molecule has 1 aromatic rings. The summed E-state index contributed by atoms with van der Waals surface area (Å²) in [7, 11) is 0. The molecule has 0 bridgehead atoms. The Hall–Kier alpha value is -0.660.